The predicted octanol–water partition coefficient (Wildman–Crippen LogP) is 2.76. The van der Waals surface area contributed by atoms with Crippen molar-refractivity contribution in [3.05, 3.63) is 33.4 Å². The Morgan fingerprint density at radius 2 is 2.04 bits per heavy atom. The molecule has 0 aromatic heterocycles. The fourth-order valence-electron chi connectivity index (χ4n) is 2.63. The molecule has 3 N–H and O–H groups in total. The Kier molecular flexibility index (Phi) is 7.09. The number of carbonyl (C=O) groups is 2. The van der Waals surface area contributed by atoms with Gasteiger partial charge >= 0.3 is 12.0 Å². The largest absolute Gasteiger partial charge is 0.503 e. The number of carbonyl (C=O) groups excluding carboxylic acids is 2. The number of phenols is 1. The molecule has 1 atom stereocenters. The van der Waals surface area contributed by atoms with Crippen molar-refractivity contribution >= 4 is 27.9 Å². The predicted molar refractivity (Wildman–Crippen MR) is 102 cm³/mol. The maximum absolute atomic E-state index is 12.6. The first-order valence-electron chi connectivity index (χ1n) is 8.38. The lowest BCUT2D eigenvalue weighted by molar-refractivity contribution is -0.141. The number of aromatic hydroxyl groups is 1. The number of hydrogen-bond donors (Lipinski definition) is 3. The summed E-state index contributed by atoms with van der Waals surface area (Å²) < 4.78 is 16.2. The van der Waals surface area contributed by atoms with E-state index in [1.807, 2.05) is 13.8 Å². The molecule has 2 rings (SSSR count). The van der Waals surface area contributed by atoms with Crippen LogP contribution in [0.15, 0.2) is 27.9 Å². The Morgan fingerprint density at radius 1 is 1.33 bits per heavy atom. The molecule has 27 heavy (non-hydrogen) atoms. The first-order valence-corrected chi connectivity index (χ1v) is 9.17. The number of amides is 2. The molecule has 0 unspecified atom stereocenters. The highest BCUT2D eigenvalue weighted by atomic mass is 79.9. The van der Waals surface area contributed by atoms with E-state index in [-0.39, 0.29) is 36.4 Å². The molecule has 0 radical (unpaired) electrons. The summed E-state index contributed by atoms with van der Waals surface area (Å²) in [6.07, 6.45) is 0.0369. The third-order valence-electron chi connectivity index (χ3n) is 3.86. The smallest absolute Gasteiger partial charge is 0.338 e. The fourth-order valence-corrected chi connectivity index (χ4v) is 3.09. The SMILES string of the molecule is COc1cc([C@H]2NC(=O)NC(C)=C2C(=O)OCCOC(C)C)cc(Br)c1O. The molecule has 1 heterocycles. The second-order valence-corrected chi connectivity index (χ2v) is 7.03. The third kappa shape index (κ3) is 5.14. The number of rotatable bonds is 7. The van der Waals surface area contributed by atoms with Gasteiger partial charge < -0.3 is 30.0 Å². The highest BCUT2D eigenvalue weighted by molar-refractivity contribution is 9.10. The summed E-state index contributed by atoms with van der Waals surface area (Å²) in [6.45, 7) is 5.78. The molecule has 9 heteroatoms. The van der Waals surface area contributed by atoms with Crippen LogP contribution in [0.25, 0.3) is 0 Å². The van der Waals surface area contributed by atoms with Crippen LogP contribution in [0, 0.1) is 0 Å². The van der Waals surface area contributed by atoms with E-state index < -0.39 is 18.0 Å². The van der Waals surface area contributed by atoms with Crippen LogP contribution in [0.1, 0.15) is 32.4 Å². The lowest BCUT2D eigenvalue weighted by Gasteiger charge is -2.28. The van der Waals surface area contributed by atoms with Gasteiger partial charge in [-0.15, -0.1) is 0 Å². The van der Waals surface area contributed by atoms with Crippen LogP contribution in [0.3, 0.4) is 0 Å². The topological polar surface area (TPSA) is 106 Å². The van der Waals surface area contributed by atoms with Crippen molar-refractivity contribution < 1.29 is 28.9 Å². The molecule has 1 aliphatic heterocycles. The van der Waals surface area contributed by atoms with Crippen LogP contribution < -0.4 is 15.4 Å². The van der Waals surface area contributed by atoms with Gasteiger partial charge in [0.15, 0.2) is 11.5 Å². The average Bonchev–Trinajstić information content (AvgIpc) is 2.59. The van der Waals surface area contributed by atoms with E-state index in [0.29, 0.717) is 15.7 Å². The van der Waals surface area contributed by atoms with Crippen molar-refractivity contribution in [2.24, 2.45) is 0 Å². The van der Waals surface area contributed by atoms with Crippen molar-refractivity contribution in [3.8, 4) is 11.5 Å². The fraction of sp³-hybridized carbons (Fsp3) is 0.444. The maximum atomic E-state index is 12.6. The summed E-state index contributed by atoms with van der Waals surface area (Å²) >= 11 is 3.25. The van der Waals surface area contributed by atoms with Gasteiger partial charge in [0, 0.05) is 5.70 Å². The van der Waals surface area contributed by atoms with Crippen molar-refractivity contribution in [1.82, 2.24) is 10.6 Å². The van der Waals surface area contributed by atoms with Gasteiger partial charge in [0.05, 0.1) is 35.9 Å². The normalized spacial score (nSPS) is 16.8. The minimum atomic E-state index is -0.761. The maximum Gasteiger partial charge on any atom is 0.338 e. The second-order valence-electron chi connectivity index (χ2n) is 6.18. The summed E-state index contributed by atoms with van der Waals surface area (Å²) in [4.78, 5) is 24.6. The van der Waals surface area contributed by atoms with Gasteiger partial charge in [0.1, 0.15) is 6.61 Å². The number of esters is 1. The second kappa shape index (κ2) is 9.09. The molecule has 0 saturated carbocycles. The highest BCUT2D eigenvalue weighted by Crippen LogP contribution is 2.39. The van der Waals surface area contributed by atoms with Crippen LogP contribution in [0.5, 0.6) is 11.5 Å². The van der Waals surface area contributed by atoms with E-state index in [1.54, 1.807) is 19.1 Å². The van der Waals surface area contributed by atoms with Gasteiger partial charge in [-0.1, -0.05) is 0 Å². The molecule has 1 aromatic carbocycles. The van der Waals surface area contributed by atoms with E-state index in [1.165, 1.54) is 7.11 Å². The molecule has 0 spiro atoms. The van der Waals surface area contributed by atoms with Gasteiger partial charge in [-0.05, 0) is 54.4 Å². The monoisotopic (exact) mass is 442 g/mol. The van der Waals surface area contributed by atoms with Crippen molar-refractivity contribution in [2.45, 2.75) is 32.9 Å². The van der Waals surface area contributed by atoms with E-state index in [4.69, 9.17) is 14.2 Å². The Morgan fingerprint density at radius 3 is 2.67 bits per heavy atom. The van der Waals surface area contributed by atoms with Crippen LogP contribution in [0.2, 0.25) is 0 Å². The highest BCUT2D eigenvalue weighted by Gasteiger charge is 2.33. The number of halogens is 1. The van der Waals surface area contributed by atoms with Gasteiger partial charge in [0.25, 0.3) is 0 Å². The standard InChI is InChI=1S/C18H23BrN2O6/c1-9(2)26-5-6-27-17(23)14-10(3)20-18(24)21-15(14)11-7-12(19)16(22)13(8-11)25-4/h7-9,15,22H,5-6H2,1-4H3,(H2,20,21,24)/t15-/m1/s1. The first-order chi connectivity index (χ1) is 12.7. The van der Waals surface area contributed by atoms with Crippen LogP contribution >= 0.6 is 15.9 Å². The lowest BCUT2D eigenvalue weighted by Crippen LogP contribution is -2.45. The summed E-state index contributed by atoms with van der Waals surface area (Å²) in [7, 11) is 1.41. The molecule has 0 saturated heterocycles. The van der Waals surface area contributed by atoms with E-state index in [2.05, 4.69) is 26.6 Å². The van der Waals surface area contributed by atoms with E-state index in [0.717, 1.165) is 0 Å². The molecule has 148 valence electrons. The molecule has 8 nitrogen and oxygen atoms in total. The molecular formula is C18H23BrN2O6. The van der Waals surface area contributed by atoms with E-state index in [9.17, 15) is 14.7 Å². The molecule has 1 aromatic rings. The zero-order valence-corrected chi connectivity index (χ0v) is 17.2. The molecule has 1 aliphatic rings. The van der Waals surface area contributed by atoms with Crippen molar-refractivity contribution in [1.29, 1.82) is 0 Å². The zero-order valence-electron chi connectivity index (χ0n) is 15.6. The minimum absolute atomic E-state index is 0.0369. The van der Waals surface area contributed by atoms with Crippen molar-refractivity contribution in [3.63, 3.8) is 0 Å². The molecule has 0 aliphatic carbocycles. The first kappa shape index (κ1) is 21.0. The van der Waals surface area contributed by atoms with Crippen LogP contribution in [-0.4, -0.2) is 43.5 Å². The van der Waals surface area contributed by atoms with Gasteiger partial charge in [-0.25, -0.2) is 9.59 Å². The van der Waals surface area contributed by atoms with Crippen molar-refractivity contribution in [2.75, 3.05) is 20.3 Å². The summed E-state index contributed by atoms with van der Waals surface area (Å²) in [5.41, 5.74) is 1.21. The van der Waals surface area contributed by atoms with E-state index >= 15 is 0 Å². The number of allylic oxidation sites excluding steroid dienone is 1. The van der Waals surface area contributed by atoms with Gasteiger partial charge in [-0.2, -0.15) is 0 Å². The number of urea groups is 1. The summed E-state index contributed by atoms with van der Waals surface area (Å²) in [5, 5.41) is 15.3. The van der Waals surface area contributed by atoms with Crippen LogP contribution in [0.4, 0.5) is 4.79 Å². The summed E-state index contributed by atoms with van der Waals surface area (Å²) in [6, 6.07) is 1.96. The number of hydrogen-bond acceptors (Lipinski definition) is 6. The quantitative estimate of drug-likeness (QED) is 0.442. The minimum Gasteiger partial charge on any atom is -0.503 e. The zero-order chi connectivity index (χ0) is 20.1. The molecule has 2 amide bonds. The molecule has 0 fully saturated rings. The number of ether oxygens (including phenoxy) is 3. The number of nitrogens with one attached hydrogen (secondary N) is 2. The number of benzene rings is 1. The van der Waals surface area contributed by atoms with Gasteiger partial charge in [-0.3, -0.25) is 0 Å². The molecule has 0 bridgehead atoms. The Balaban J connectivity index is 2.30. The lowest BCUT2D eigenvalue weighted by atomic mass is 9.95. The number of phenolic OH excluding ortho intramolecular Hbond substituents is 1. The summed E-state index contributed by atoms with van der Waals surface area (Å²) in [5.74, 6) is -0.430. The Bertz CT molecular complexity index is 762. The Hall–Kier alpha value is -2.26. The number of methoxy groups -OCH3 is 1. The van der Waals surface area contributed by atoms with Gasteiger partial charge in [0.2, 0.25) is 0 Å². The molecular weight excluding hydrogens is 420 g/mol. The Labute approximate surface area is 166 Å². The van der Waals surface area contributed by atoms with Crippen LogP contribution in [-0.2, 0) is 14.3 Å². The third-order valence-corrected chi connectivity index (χ3v) is 4.47. The average molecular weight is 443 g/mol.